The van der Waals surface area contributed by atoms with Gasteiger partial charge in [-0.3, -0.25) is 10.6 Å². The van der Waals surface area contributed by atoms with Crippen molar-refractivity contribution in [3.8, 4) is 0 Å². The van der Waals surface area contributed by atoms with Gasteiger partial charge in [-0.15, -0.1) is 0 Å². The monoisotopic (exact) mass is 421 g/mol. The van der Waals surface area contributed by atoms with Crippen LogP contribution in [0.4, 0.5) is 5.82 Å². The molecule has 2 aromatic heterocycles. The first-order chi connectivity index (χ1) is 14.3. The Balaban J connectivity index is 1.40. The minimum absolute atomic E-state index is 0.267. The van der Waals surface area contributed by atoms with Gasteiger partial charge in [0, 0.05) is 20.0 Å². The minimum atomic E-state index is -0.902. The molecule has 30 heavy (non-hydrogen) atoms. The Morgan fingerprint density at radius 2 is 2.17 bits per heavy atom. The lowest BCUT2D eigenvalue weighted by Gasteiger charge is -2.39. The molecule has 1 amide bonds. The minimum Gasteiger partial charge on any atom is -0.391 e. The molecule has 0 spiro atoms. The van der Waals surface area contributed by atoms with Crippen LogP contribution >= 0.6 is 0 Å². The third-order valence-electron chi connectivity index (χ3n) is 5.62. The highest BCUT2D eigenvalue weighted by atomic mass is 16.5. The van der Waals surface area contributed by atoms with E-state index in [1.54, 1.807) is 12.1 Å². The number of imidazole rings is 1. The van der Waals surface area contributed by atoms with Crippen LogP contribution in [0.3, 0.4) is 0 Å². The molecule has 0 aliphatic carbocycles. The molecule has 2 aliphatic heterocycles. The van der Waals surface area contributed by atoms with Gasteiger partial charge in [-0.1, -0.05) is 0 Å². The summed E-state index contributed by atoms with van der Waals surface area (Å²) < 4.78 is 5.92. The highest BCUT2D eigenvalue weighted by molar-refractivity contribution is 5.83. The maximum Gasteiger partial charge on any atom is 0.241 e. The van der Waals surface area contributed by atoms with Gasteiger partial charge in [0.15, 0.2) is 17.7 Å². The quantitative estimate of drug-likeness (QED) is 0.230. The molecule has 0 bridgehead atoms. The van der Waals surface area contributed by atoms with E-state index >= 15 is 0 Å². The van der Waals surface area contributed by atoms with Gasteiger partial charge in [0.05, 0.1) is 24.6 Å². The maximum atomic E-state index is 12.8. The van der Waals surface area contributed by atoms with E-state index in [2.05, 4.69) is 30.6 Å². The number of fused-ring (bicyclic) bond motifs is 1. The summed E-state index contributed by atoms with van der Waals surface area (Å²) in [6.07, 6.45) is 0.770. The lowest BCUT2D eigenvalue weighted by molar-refractivity contribution is -0.144. The molecule has 2 aromatic rings. The highest BCUT2D eigenvalue weighted by Gasteiger charge is 2.43. The van der Waals surface area contributed by atoms with E-state index in [1.165, 1.54) is 17.8 Å². The molecule has 0 unspecified atom stereocenters. The number of ether oxygens (including phenoxy) is 1. The van der Waals surface area contributed by atoms with Gasteiger partial charge in [-0.2, -0.15) is 5.12 Å². The van der Waals surface area contributed by atoms with Crippen LogP contribution in [-0.4, -0.2) is 96.4 Å². The van der Waals surface area contributed by atoms with Gasteiger partial charge in [0.2, 0.25) is 5.91 Å². The van der Waals surface area contributed by atoms with Crippen LogP contribution in [0.1, 0.15) is 19.8 Å². The average Bonchev–Trinajstić information content (AvgIpc) is 3.32. The Morgan fingerprint density at radius 3 is 2.93 bits per heavy atom. The first kappa shape index (κ1) is 20.8. The topological polar surface area (TPSA) is 178 Å². The Labute approximate surface area is 172 Å². The molecule has 13 nitrogen and oxygen atoms in total. The number of carbonyl (C=O) groups excluding carboxylic acids is 1. The first-order valence-corrected chi connectivity index (χ1v) is 9.82. The van der Waals surface area contributed by atoms with Gasteiger partial charge in [0.1, 0.15) is 24.0 Å². The summed E-state index contributed by atoms with van der Waals surface area (Å²) in [6.45, 7) is 2.30. The van der Waals surface area contributed by atoms with Crippen molar-refractivity contribution in [3.63, 3.8) is 0 Å². The molecule has 164 valence electrons. The number of hydrogen-bond donors (Lipinski definition) is 6. The molecule has 2 fully saturated rings. The fraction of sp³-hybridized carbons (Fsp3) is 0.647. The molecule has 4 rings (SSSR count). The Hall–Kier alpha value is -2.42. The standard InChI is InChI=1S/C17H27N9O4/c1-8-9(23-16(29)13-10(27)3-4-26(13)25(2)18)5-11(28)17(30-8)24-15-12-14(20-6-19-12)21-7-22-15/h6-11,13,17,27-28H,3-5,18H2,1-2H3,(H,23,29)(H2,19,20,21,22,24)/t8-,9+,10-,11-,13+,17-/m0/s1. The van der Waals surface area contributed by atoms with E-state index in [9.17, 15) is 15.0 Å². The number of aliphatic hydroxyl groups is 2. The summed E-state index contributed by atoms with van der Waals surface area (Å²) in [5.74, 6) is 5.88. The lowest BCUT2D eigenvalue weighted by Crippen LogP contribution is -2.61. The SMILES string of the molecule is C[C@@H]1O[C@H](Nc2ncnc3nc[nH]c23)[C@@H](O)C[C@H]1NC(=O)[C@H]1[C@@H](O)CCN1N(C)N. The third kappa shape index (κ3) is 3.95. The molecule has 0 radical (unpaired) electrons. The van der Waals surface area contributed by atoms with Gasteiger partial charge in [0.25, 0.3) is 0 Å². The van der Waals surface area contributed by atoms with Crippen molar-refractivity contribution < 1.29 is 19.7 Å². The molecule has 13 heteroatoms. The number of H-pyrrole nitrogens is 1. The highest BCUT2D eigenvalue weighted by Crippen LogP contribution is 2.25. The van der Waals surface area contributed by atoms with Crippen LogP contribution in [0.5, 0.6) is 0 Å². The first-order valence-electron chi connectivity index (χ1n) is 9.82. The average molecular weight is 421 g/mol. The fourth-order valence-electron chi connectivity index (χ4n) is 4.00. The summed E-state index contributed by atoms with van der Waals surface area (Å²) in [5.41, 5.74) is 1.11. The van der Waals surface area contributed by atoms with E-state index in [0.717, 1.165) is 0 Å². The van der Waals surface area contributed by atoms with E-state index in [1.807, 2.05) is 6.92 Å². The largest absolute Gasteiger partial charge is 0.391 e. The van der Waals surface area contributed by atoms with Crippen molar-refractivity contribution in [1.29, 1.82) is 0 Å². The van der Waals surface area contributed by atoms with Crippen molar-refractivity contribution in [2.24, 2.45) is 5.84 Å². The second-order valence-corrected chi connectivity index (χ2v) is 7.69. The summed E-state index contributed by atoms with van der Waals surface area (Å²) >= 11 is 0. The molecule has 0 aromatic carbocycles. The normalized spacial score (nSPS) is 32.6. The molecule has 0 saturated carbocycles. The van der Waals surface area contributed by atoms with Crippen molar-refractivity contribution in [2.45, 2.75) is 56.4 Å². The molecular formula is C17H27N9O4. The second-order valence-electron chi connectivity index (χ2n) is 7.69. The molecule has 7 N–H and O–H groups in total. The van der Waals surface area contributed by atoms with Crippen LogP contribution in [0.15, 0.2) is 12.7 Å². The van der Waals surface area contributed by atoms with E-state index in [4.69, 9.17) is 10.6 Å². The summed E-state index contributed by atoms with van der Waals surface area (Å²) in [4.78, 5) is 28.1. The number of anilines is 1. The Morgan fingerprint density at radius 1 is 1.37 bits per heavy atom. The van der Waals surface area contributed by atoms with E-state index < -0.39 is 36.6 Å². The van der Waals surface area contributed by atoms with Crippen LogP contribution in [0.2, 0.25) is 0 Å². The number of nitrogens with one attached hydrogen (secondary N) is 3. The summed E-state index contributed by atoms with van der Waals surface area (Å²) in [7, 11) is 1.62. The third-order valence-corrected chi connectivity index (χ3v) is 5.62. The number of aliphatic hydroxyl groups excluding tert-OH is 2. The number of hydrazine groups is 2. The van der Waals surface area contributed by atoms with Crippen LogP contribution in [-0.2, 0) is 9.53 Å². The predicted molar refractivity (Wildman–Crippen MR) is 105 cm³/mol. The number of amides is 1. The van der Waals surface area contributed by atoms with Gasteiger partial charge in [-0.05, 0) is 13.3 Å². The van der Waals surface area contributed by atoms with Gasteiger partial charge in [-0.25, -0.2) is 20.0 Å². The van der Waals surface area contributed by atoms with Crippen molar-refractivity contribution in [1.82, 2.24) is 35.4 Å². The van der Waals surface area contributed by atoms with Crippen molar-refractivity contribution >= 4 is 22.9 Å². The van der Waals surface area contributed by atoms with Crippen LogP contribution in [0.25, 0.3) is 11.2 Å². The van der Waals surface area contributed by atoms with Gasteiger partial charge < -0.3 is 30.6 Å². The number of aromatic amines is 1. The maximum absolute atomic E-state index is 12.8. The number of hydrogen-bond acceptors (Lipinski definition) is 11. The fourth-order valence-corrected chi connectivity index (χ4v) is 4.00. The number of rotatable bonds is 5. The number of nitrogens with two attached hydrogens (primary N) is 1. The summed E-state index contributed by atoms with van der Waals surface area (Å²) in [5, 5.41) is 29.7. The van der Waals surface area contributed by atoms with E-state index in [-0.39, 0.29) is 12.3 Å². The van der Waals surface area contributed by atoms with Crippen LogP contribution in [0, 0.1) is 0 Å². The summed E-state index contributed by atoms with van der Waals surface area (Å²) in [6, 6.07) is -1.21. The number of aromatic nitrogens is 4. The molecule has 2 saturated heterocycles. The molecule has 2 aliphatic rings. The smallest absolute Gasteiger partial charge is 0.241 e. The van der Waals surface area contributed by atoms with Gasteiger partial charge >= 0.3 is 0 Å². The zero-order valence-corrected chi connectivity index (χ0v) is 16.8. The number of nitrogens with zero attached hydrogens (tertiary/aromatic N) is 5. The second kappa shape index (κ2) is 8.37. The predicted octanol–water partition coefficient (Wildman–Crippen LogP) is -2.10. The van der Waals surface area contributed by atoms with Crippen LogP contribution < -0.4 is 16.5 Å². The lowest BCUT2D eigenvalue weighted by atomic mass is 9.99. The molecular weight excluding hydrogens is 394 g/mol. The van der Waals surface area contributed by atoms with Crippen molar-refractivity contribution in [2.75, 3.05) is 18.9 Å². The van der Waals surface area contributed by atoms with Crippen molar-refractivity contribution in [3.05, 3.63) is 12.7 Å². The Kier molecular flexibility index (Phi) is 5.81. The zero-order chi connectivity index (χ0) is 21.4. The molecule has 4 heterocycles. The number of carbonyl (C=O) groups is 1. The Bertz CT molecular complexity index is 893. The molecule has 6 atom stereocenters. The van der Waals surface area contributed by atoms with E-state index in [0.29, 0.717) is 29.9 Å². The zero-order valence-electron chi connectivity index (χ0n) is 16.8.